The summed E-state index contributed by atoms with van der Waals surface area (Å²) in [5.41, 5.74) is 0.417. The third kappa shape index (κ3) is 2.05. The summed E-state index contributed by atoms with van der Waals surface area (Å²) >= 11 is 1.47. The predicted molar refractivity (Wildman–Crippen MR) is 66.8 cm³/mol. The van der Waals surface area contributed by atoms with Crippen molar-refractivity contribution in [2.24, 2.45) is 11.8 Å². The summed E-state index contributed by atoms with van der Waals surface area (Å²) in [6.45, 7) is 4.10. The van der Waals surface area contributed by atoms with Crippen LogP contribution in [0.15, 0.2) is 10.6 Å². The lowest BCUT2D eigenvalue weighted by atomic mass is 9.90. The van der Waals surface area contributed by atoms with Gasteiger partial charge in [-0.1, -0.05) is 13.8 Å². The van der Waals surface area contributed by atoms with Gasteiger partial charge in [0.1, 0.15) is 0 Å². The van der Waals surface area contributed by atoms with Crippen LogP contribution in [0, 0.1) is 11.8 Å². The number of thioether (sulfide) groups is 1. The Hall–Kier alpha value is -1.30. The van der Waals surface area contributed by atoms with E-state index in [0.29, 0.717) is 17.1 Å². The topological polar surface area (TPSA) is 74.7 Å². The van der Waals surface area contributed by atoms with E-state index in [1.165, 1.54) is 11.8 Å². The SMILES string of the molecule is CC(C)C(=O)C1=C2SCCN2C(=O)[C@H]1CC(=O)O. The van der Waals surface area contributed by atoms with Crippen LogP contribution in [0.4, 0.5) is 0 Å². The Balaban J connectivity index is 2.40. The highest BCUT2D eigenvalue weighted by Gasteiger charge is 2.45. The van der Waals surface area contributed by atoms with Crippen molar-refractivity contribution in [1.82, 2.24) is 4.90 Å². The number of ketones is 1. The van der Waals surface area contributed by atoms with Gasteiger partial charge >= 0.3 is 5.97 Å². The van der Waals surface area contributed by atoms with Gasteiger partial charge in [0.2, 0.25) is 5.91 Å². The van der Waals surface area contributed by atoms with Crippen molar-refractivity contribution in [3.63, 3.8) is 0 Å². The van der Waals surface area contributed by atoms with E-state index in [2.05, 4.69) is 0 Å². The number of Topliss-reactive ketones (excluding diaryl/α,β-unsaturated/α-hetero) is 1. The standard InChI is InChI=1S/C12H15NO4S/c1-6(2)10(16)9-7(5-8(14)15)11(17)13-3-4-18-12(9)13/h6-7H,3-5H2,1-2H3,(H,14,15)/t7-/m0/s1. The molecule has 98 valence electrons. The van der Waals surface area contributed by atoms with Gasteiger partial charge in [-0.05, 0) is 0 Å². The summed E-state index contributed by atoms with van der Waals surface area (Å²) in [5, 5.41) is 9.57. The molecule has 6 heteroatoms. The zero-order valence-corrected chi connectivity index (χ0v) is 11.1. The van der Waals surface area contributed by atoms with Crippen molar-refractivity contribution in [2.75, 3.05) is 12.3 Å². The number of fused-ring (bicyclic) bond motifs is 1. The number of carbonyl (C=O) groups excluding carboxylic acids is 2. The van der Waals surface area contributed by atoms with Crippen LogP contribution in [-0.4, -0.2) is 40.0 Å². The molecule has 0 unspecified atom stereocenters. The Morgan fingerprint density at radius 2 is 2.17 bits per heavy atom. The molecule has 0 radical (unpaired) electrons. The quantitative estimate of drug-likeness (QED) is 0.827. The molecule has 0 saturated carbocycles. The van der Waals surface area contributed by atoms with Gasteiger partial charge < -0.3 is 10.0 Å². The Labute approximate surface area is 109 Å². The molecule has 1 fully saturated rings. The minimum absolute atomic E-state index is 0.110. The fourth-order valence-corrected chi connectivity index (χ4v) is 3.46. The first-order valence-electron chi connectivity index (χ1n) is 5.87. The first-order valence-corrected chi connectivity index (χ1v) is 6.86. The fourth-order valence-electron chi connectivity index (χ4n) is 2.26. The van der Waals surface area contributed by atoms with Crippen molar-refractivity contribution < 1.29 is 19.5 Å². The van der Waals surface area contributed by atoms with Crippen LogP contribution in [0.5, 0.6) is 0 Å². The molecule has 2 aliphatic rings. The van der Waals surface area contributed by atoms with Gasteiger partial charge in [-0.15, -0.1) is 11.8 Å². The third-order valence-electron chi connectivity index (χ3n) is 3.11. The zero-order valence-electron chi connectivity index (χ0n) is 10.3. The minimum Gasteiger partial charge on any atom is -0.481 e. The molecular formula is C12H15NO4S. The molecule has 0 aliphatic carbocycles. The second kappa shape index (κ2) is 4.76. The van der Waals surface area contributed by atoms with E-state index in [9.17, 15) is 14.4 Å². The molecule has 0 aromatic rings. The molecule has 1 N–H and O–H groups in total. The van der Waals surface area contributed by atoms with Gasteiger partial charge in [-0.3, -0.25) is 14.4 Å². The van der Waals surface area contributed by atoms with E-state index >= 15 is 0 Å². The highest BCUT2D eigenvalue weighted by molar-refractivity contribution is 8.03. The molecule has 2 aliphatic heterocycles. The highest BCUT2D eigenvalue weighted by atomic mass is 32.2. The third-order valence-corrected chi connectivity index (χ3v) is 4.21. The average Bonchev–Trinajstić information content (AvgIpc) is 2.82. The van der Waals surface area contributed by atoms with Crippen LogP contribution in [0.1, 0.15) is 20.3 Å². The predicted octanol–water partition coefficient (Wildman–Crippen LogP) is 1.10. The largest absolute Gasteiger partial charge is 0.481 e. The number of carbonyl (C=O) groups is 3. The van der Waals surface area contributed by atoms with Gasteiger partial charge in [0.25, 0.3) is 0 Å². The molecule has 0 aromatic carbocycles. The fraction of sp³-hybridized carbons (Fsp3) is 0.583. The summed E-state index contributed by atoms with van der Waals surface area (Å²) in [4.78, 5) is 36.7. The maximum atomic E-state index is 12.2. The van der Waals surface area contributed by atoms with E-state index in [4.69, 9.17) is 5.11 Å². The number of carboxylic acids is 1. The maximum Gasteiger partial charge on any atom is 0.304 e. The van der Waals surface area contributed by atoms with Crippen molar-refractivity contribution in [3.05, 3.63) is 10.6 Å². The van der Waals surface area contributed by atoms with Crippen LogP contribution in [0.25, 0.3) is 0 Å². The van der Waals surface area contributed by atoms with E-state index in [1.807, 2.05) is 0 Å². The summed E-state index contributed by atoms with van der Waals surface area (Å²) in [7, 11) is 0. The van der Waals surface area contributed by atoms with E-state index in [-0.39, 0.29) is 24.0 Å². The van der Waals surface area contributed by atoms with Crippen molar-refractivity contribution in [2.45, 2.75) is 20.3 Å². The Morgan fingerprint density at radius 3 is 2.72 bits per heavy atom. The van der Waals surface area contributed by atoms with Crippen LogP contribution < -0.4 is 0 Å². The second-order valence-electron chi connectivity index (χ2n) is 4.73. The summed E-state index contributed by atoms with van der Waals surface area (Å²) < 4.78 is 0. The van der Waals surface area contributed by atoms with Crippen molar-refractivity contribution in [1.29, 1.82) is 0 Å². The van der Waals surface area contributed by atoms with Gasteiger partial charge in [0.15, 0.2) is 5.78 Å². The van der Waals surface area contributed by atoms with Gasteiger partial charge in [-0.25, -0.2) is 0 Å². The number of nitrogens with zero attached hydrogens (tertiary/aromatic N) is 1. The second-order valence-corrected chi connectivity index (χ2v) is 5.81. The molecule has 1 amide bonds. The number of hydrogen-bond acceptors (Lipinski definition) is 4. The Bertz CT molecular complexity index is 455. The van der Waals surface area contributed by atoms with E-state index in [0.717, 1.165) is 5.75 Å². The van der Waals surface area contributed by atoms with Crippen LogP contribution in [0.3, 0.4) is 0 Å². The highest BCUT2D eigenvalue weighted by Crippen LogP contribution is 2.43. The van der Waals surface area contributed by atoms with Gasteiger partial charge in [0, 0.05) is 23.8 Å². The number of aliphatic carboxylic acids is 1. The van der Waals surface area contributed by atoms with Crippen LogP contribution >= 0.6 is 11.8 Å². The summed E-state index contributed by atoms with van der Waals surface area (Å²) in [6.07, 6.45) is -0.298. The molecular weight excluding hydrogens is 254 g/mol. The Kier molecular flexibility index (Phi) is 3.47. The minimum atomic E-state index is -1.05. The first-order chi connectivity index (χ1) is 8.43. The lowest BCUT2D eigenvalue weighted by Gasteiger charge is -2.13. The van der Waals surface area contributed by atoms with Gasteiger partial charge in [-0.2, -0.15) is 0 Å². The smallest absolute Gasteiger partial charge is 0.304 e. The molecule has 2 heterocycles. The number of amides is 1. The molecule has 2 rings (SSSR count). The lowest BCUT2D eigenvalue weighted by molar-refractivity contribution is -0.141. The zero-order chi connectivity index (χ0) is 13.4. The van der Waals surface area contributed by atoms with Crippen LogP contribution in [0.2, 0.25) is 0 Å². The average molecular weight is 269 g/mol. The lowest BCUT2D eigenvalue weighted by Crippen LogP contribution is -2.29. The number of rotatable bonds is 4. The molecule has 1 atom stereocenters. The van der Waals surface area contributed by atoms with E-state index < -0.39 is 11.9 Å². The number of hydrogen-bond donors (Lipinski definition) is 1. The van der Waals surface area contributed by atoms with Crippen molar-refractivity contribution in [3.8, 4) is 0 Å². The molecule has 1 saturated heterocycles. The molecule has 5 nitrogen and oxygen atoms in total. The number of carboxylic acid groups (broad SMARTS) is 1. The van der Waals surface area contributed by atoms with Gasteiger partial charge in [0.05, 0.1) is 17.4 Å². The Morgan fingerprint density at radius 1 is 1.50 bits per heavy atom. The normalized spacial score (nSPS) is 22.9. The molecule has 18 heavy (non-hydrogen) atoms. The first kappa shape index (κ1) is 13.1. The summed E-state index contributed by atoms with van der Waals surface area (Å²) in [5.74, 6) is -1.63. The maximum absolute atomic E-state index is 12.2. The van der Waals surface area contributed by atoms with E-state index in [1.54, 1.807) is 18.7 Å². The summed E-state index contributed by atoms with van der Waals surface area (Å²) in [6, 6.07) is 0. The van der Waals surface area contributed by atoms with Crippen molar-refractivity contribution >= 4 is 29.4 Å². The molecule has 0 bridgehead atoms. The molecule has 0 spiro atoms. The monoisotopic (exact) mass is 269 g/mol. The van der Waals surface area contributed by atoms with Crippen LogP contribution in [-0.2, 0) is 14.4 Å². The molecule has 0 aromatic heterocycles.